The molecule has 1 aromatic carbocycles. The quantitative estimate of drug-likeness (QED) is 0.644. The van der Waals surface area contributed by atoms with Gasteiger partial charge in [-0.05, 0) is 32.0 Å². The number of hydrogen-bond donors (Lipinski definition) is 1. The van der Waals surface area contributed by atoms with Gasteiger partial charge in [0.2, 0.25) is 0 Å². The van der Waals surface area contributed by atoms with Gasteiger partial charge in [-0.3, -0.25) is 4.79 Å². The number of rotatable bonds is 4. The van der Waals surface area contributed by atoms with Gasteiger partial charge in [0.1, 0.15) is 5.82 Å². The summed E-state index contributed by atoms with van der Waals surface area (Å²) in [4.78, 5) is 13.7. The highest BCUT2D eigenvalue weighted by Crippen LogP contribution is 2.14. The van der Waals surface area contributed by atoms with Crippen molar-refractivity contribution in [3.05, 3.63) is 41.7 Å². The van der Waals surface area contributed by atoms with Crippen LogP contribution < -0.4 is 5.73 Å². The van der Waals surface area contributed by atoms with Crippen molar-refractivity contribution in [2.75, 3.05) is 18.8 Å². The minimum Gasteiger partial charge on any atom is -0.396 e. The molecular weight excluding hydrogens is 219 g/mol. The topological polar surface area (TPSA) is 46.3 Å². The zero-order valence-corrected chi connectivity index (χ0v) is 10.2. The van der Waals surface area contributed by atoms with Crippen molar-refractivity contribution in [3.63, 3.8) is 0 Å². The maximum atomic E-state index is 13.0. The second kappa shape index (κ2) is 5.48. The molecule has 0 radical (unpaired) electrons. The molecule has 0 aliphatic rings. The fraction of sp³-hybridized carbons (Fsp3) is 0.308. The van der Waals surface area contributed by atoms with E-state index in [1.165, 1.54) is 18.2 Å². The summed E-state index contributed by atoms with van der Waals surface area (Å²) in [5, 5.41) is 0. The van der Waals surface area contributed by atoms with Crippen molar-refractivity contribution in [2.45, 2.75) is 13.8 Å². The van der Waals surface area contributed by atoms with Crippen molar-refractivity contribution in [1.29, 1.82) is 0 Å². The molecular formula is C13H17FN2O. The van der Waals surface area contributed by atoms with Crippen LogP contribution in [0.5, 0.6) is 0 Å². The Hall–Kier alpha value is -1.84. The largest absolute Gasteiger partial charge is 0.396 e. The molecule has 0 saturated heterocycles. The van der Waals surface area contributed by atoms with E-state index >= 15 is 0 Å². The van der Waals surface area contributed by atoms with Gasteiger partial charge in [-0.25, -0.2) is 4.39 Å². The zero-order valence-electron chi connectivity index (χ0n) is 10.2. The van der Waals surface area contributed by atoms with Crippen molar-refractivity contribution < 1.29 is 9.18 Å². The van der Waals surface area contributed by atoms with Crippen molar-refractivity contribution >= 4 is 11.6 Å². The van der Waals surface area contributed by atoms with Crippen LogP contribution >= 0.6 is 0 Å². The minimum absolute atomic E-state index is 0.0118. The van der Waals surface area contributed by atoms with E-state index in [4.69, 9.17) is 5.73 Å². The van der Waals surface area contributed by atoms with Crippen molar-refractivity contribution in [1.82, 2.24) is 4.90 Å². The smallest absolute Gasteiger partial charge is 0.254 e. The summed E-state index contributed by atoms with van der Waals surface area (Å²) in [6, 6.07) is 4.00. The van der Waals surface area contributed by atoms with Crippen LogP contribution in [0.1, 0.15) is 24.2 Å². The third-order valence-corrected chi connectivity index (χ3v) is 2.37. The average molecular weight is 236 g/mol. The molecule has 0 heterocycles. The van der Waals surface area contributed by atoms with Crippen molar-refractivity contribution in [2.24, 2.45) is 0 Å². The Balaban J connectivity index is 2.93. The third-order valence-electron chi connectivity index (χ3n) is 2.37. The summed E-state index contributed by atoms with van der Waals surface area (Å²) in [6.07, 6.45) is 0. The Morgan fingerprint density at radius 1 is 1.53 bits per heavy atom. The second-order valence-corrected chi connectivity index (χ2v) is 4.01. The van der Waals surface area contributed by atoms with E-state index < -0.39 is 5.82 Å². The number of carbonyl (C=O) groups excluding carboxylic acids is 1. The van der Waals surface area contributed by atoms with Crippen LogP contribution in [0.25, 0.3) is 0 Å². The van der Waals surface area contributed by atoms with Gasteiger partial charge in [-0.1, -0.05) is 12.2 Å². The van der Waals surface area contributed by atoms with Gasteiger partial charge in [-0.2, -0.15) is 0 Å². The molecule has 0 aliphatic carbocycles. The first-order valence-corrected chi connectivity index (χ1v) is 5.44. The highest BCUT2D eigenvalue weighted by atomic mass is 19.1. The second-order valence-electron chi connectivity index (χ2n) is 4.01. The molecule has 1 amide bonds. The molecule has 0 aliphatic heterocycles. The number of nitrogens with zero attached hydrogens (tertiary/aromatic N) is 1. The lowest BCUT2D eigenvalue weighted by atomic mass is 10.1. The Labute approximate surface area is 101 Å². The number of nitrogens with two attached hydrogens (primary N) is 1. The number of amides is 1. The lowest BCUT2D eigenvalue weighted by Gasteiger charge is -2.21. The molecule has 92 valence electrons. The van der Waals surface area contributed by atoms with Gasteiger partial charge in [0.05, 0.1) is 5.69 Å². The van der Waals surface area contributed by atoms with Gasteiger partial charge in [0.25, 0.3) is 5.91 Å². The fourth-order valence-corrected chi connectivity index (χ4v) is 1.51. The van der Waals surface area contributed by atoms with Crippen LogP contribution in [0.3, 0.4) is 0 Å². The number of hydrogen-bond acceptors (Lipinski definition) is 2. The lowest BCUT2D eigenvalue weighted by molar-refractivity contribution is 0.0778. The Morgan fingerprint density at radius 3 is 2.65 bits per heavy atom. The van der Waals surface area contributed by atoms with Gasteiger partial charge in [0, 0.05) is 18.7 Å². The van der Waals surface area contributed by atoms with E-state index in [-0.39, 0.29) is 11.6 Å². The van der Waals surface area contributed by atoms with Gasteiger partial charge in [-0.15, -0.1) is 0 Å². The number of anilines is 1. The van der Waals surface area contributed by atoms with Crippen LogP contribution in [0.4, 0.5) is 10.1 Å². The first kappa shape index (κ1) is 13.2. The lowest BCUT2D eigenvalue weighted by Crippen LogP contribution is -2.32. The maximum Gasteiger partial charge on any atom is 0.254 e. The molecule has 0 saturated carbocycles. The Kier molecular flexibility index (Phi) is 4.26. The van der Waals surface area contributed by atoms with Crippen molar-refractivity contribution in [3.8, 4) is 0 Å². The van der Waals surface area contributed by atoms with Crippen LogP contribution in [0, 0.1) is 5.82 Å². The minimum atomic E-state index is -0.510. The predicted molar refractivity (Wildman–Crippen MR) is 67.2 cm³/mol. The first-order valence-electron chi connectivity index (χ1n) is 5.44. The molecule has 0 fully saturated rings. The van der Waals surface area contributed by atoms with E-state index in [1.807, 2.05) is 13.8 Å². The summed E-state index contributed by atoms with van der Waals surface area (Å²) in [5.74, 6) is -0.674. The van der Waals surface area contributed by atoms with E-state index in [0.29, 0.717) is 18.7 Å². The third kappa shape index (κ3) is 3.31. The molecule has 1 rings (SSSR count). The number of benzene rings is 1. The van der Waals surface area contributed by atoms with E-state index in [9.17, 15) is 9.18 Å². The van der Waals surface area contributed by atoms with Gasteiger partial charge >= 0.3 is 0 Å². The molecule has 0 aromatic heterocycles. The SMILES string of the molecule is C=C(C)CN(CC)C(=O)c1ccc(F)c(N)c1. The molecule has 3 nitrogen and oxygen atoms in total. The predicted octanol–water partition coefficient (Wildman–Crippen LogP) is 2.45. The molecule has 0 spiro atoms. The molecule has 1 aromatic rings. The fourth-order valence-electron chi connectivity index (χ4n) is 1.51. The molecule has 0 bridgehead atoms. The zero-order chi connectivity index (χ0) is 13.0. The van der Waals surface area contributed by atoms with E-state index in [1.54, 1.807) is 4.90 Å². The molecule has 0 atom stereocenters. The standard InChI is InChI=1S/C13H17FN2O/c1-4-16(8-9(2)3)13(17)10-5-6-11(14)12(15)7-10/h5-7H,2,4,8,15H2,1,3H3. The summed E-state index contributed by atoms with van der Waals surface area (Å²) in [5.41, 5.74) is 6.72. The van der Waals surface area contributed by atoms with Gasteiger partial charge < -0.3 is 10.6 Å². The molecule has 4 heteroatoms. The van der Waals surface area contributed by atoms with E-state index in [2.05, 4.69) is 6.58 Å². The van der Waals surface area contributed by atoms with E-state index in [0.717, 1.165) is 5.57 Å². The summed E-state index contributed by atoms with van der Waals surface area (Å²) < 4.78 is 13.0. The van der Waals surface area contributed by atoms with Crippen LogP contribution in [-0.4, -0.2) is 23.9 Å². The van der Waals surface area contributed by atoms with Gasteiger partial charge in [0.15, 0.2) is 0 Å². The highest BCUT2D eigenvalue weighted by Gasteiger charge is 2.15. The monoisotopic (exact) mass is 236 g/mol. The Morgan fingerprint density at radius 2 is 2.18 bits per heavy atom. The highest BCUT2D eigenvalue weighted by molar-refractivity contribution is 5.95. The van der Waals surface area contributed by atoms with Crippen LogP contribution in [-0.2, 0) is 0 Å². The number of halogens is 1. The summed E-state index contributed by atoms with van der Waals surface area (Å²) in [7, 11) is 0. The average Bonchev–Trinajstić information content (AvgIpc) is 2.28. The maximum absolute atomic E-state index is 13.0. The number of likely N-dealkylation sites (N-methyl/N-ethyl adjacent to an activating group) is 1. The number of nitrogen functional groups attached to an aromatic ring is 1. The molecule has 17 heavy (non-hydrogen) atoms. The summed E-state index contributed by atoms with van der Waals surface area (Å²) >= 11 is 0. The first-order chi connectivity index (χ1) is 7.95. The Bertz CT molecular complexity index is 443. The molecule has 2 N–H and O–H groups in total. The normalized spacial score (nSPS) is 10.1. The summed E-state index contributed by atoms with van der Waals surface area (Å²) in [6.45, 7) is 8.58. The van der Waals surface area contributed by atoms with Crippen LogP contribution in [0.2, 0.25) is 0 Å². The molecule has 0 unspecified atom stereocenters. The van der Waals surface area contributed by atoms with Crippen LogP contribution in [0.15, 0.2) is 30.4 Å². The number of carbonyl (C=O) groups is 1.